The standard InChI is InChI=1S/C37H39N5O12S.C14H25NO2.C5H10O3.C2H6.CH2O2/c1-5-23-24-13-22(7-8-28(24)39-33-26(23)15-42-30(33)14-25-27(35(42)46)18-52-36(47)34(25)45)54-20-41(10-11-55(4,49)50)37(48)53-17-21-6-9-31(51-3)29(12-21)38-32(44)16-40(2)19-43;1-6-8-15-12(16)9-11(13(15)17)14(5,7-2)10(3)4;6-4-1-5(7)3-8-2-4;1-2;2-1-3/h6-9,12-14,19,34,45H,5,10-11,15-18,20H2,1-4H3,(H,38,44);10-11H,6-9H2,1-5H3;4-7H,1-3H2;1-2H3;1H,(H,2,3). The van der Waals surface area contributed by atoms with Crippen LogP contribution < -0.4 is 20.3 Å². The minimum absolute atomic E-state index is 0.0159. The molecule has 2 aromatic carbocycles. The van der Waals surface area contributed by atoms with Crippen LogP contribution in [0.25, 0.3) is 22.3 Å². The van der Waals surface area contributed by atoms with Crippen molar-refractivity contribution in [1.29, 1.82) is 0 Å². The number of cyclic esters (lactones) is 1. The SMILES string of the molecule is CC.CCCN1C(=O)CC(C(C)(CC)C(C)C)C1=O.CCc1c2c(nc3ccc(OCN(CCS(C)(=O)=O)C(=O)OCc4ccc(OC)c(NC(=O)CN(C)C=O)c4)cc13)-c1cc3c(c(=O)n1C2)COC(=O)C3O.O=CO.OC1COCC(O)C1. The molecule has 4 aromatic rings. The maximum atomic E-state index is 13.4. The average Bonchev–Trinajstić information content (AvgIpc) is 1.89. The highest BCUT2D eigenvalue weighted by Crippen LogP contribution is 2.45. The molecule has 4 aliphatic rings. The van der Waals surface area contributed by atoms with E-state index in [0.717, 1.165) is 45.4 Å². The second kappa shape index (κ2) is 32.1. The number of hydrogen-bond donors (Lipinski definition) is 5. The molecule has 2 fully saturated rings. The first kappa shape index (κ1) is 70.0. The van der Waals surface area contributed by atoms with E-state index >= 15 is 0 Å². The second-order valence-corrected chi connectivity index (χ2v) is 23.2. The lowest BCUT2D eigenvalue weighted by Crippen LogP contribution is -2.39. The van der Waals surface area contributed by atoms with Gasteiger partial charge in [-0.2, -0.15) is 0 Å². The number of carboxylic acid groups (broad SMARTS) is 1. The van der Waals surface area contributed by atoms with E-state index in [4.69, 9.17) is 48.8 Å². The van der Waals surface area contributed by atoms with Gasteiger partial charge in [0.15, 0.2) is 12.8 Å². The number of carbonyl (C=O) groups excluding carboxylic acids is 6. The van der Waals surface area contributed by atoms with Crippen LogP contribution in [0.3, 0.4) is 0 Å². The van der Waals surface area contributed by atoms with E-state index in [1.165, 1.54) is 19.1 Å². The lowest BCUT2D eigenvalue weighted by Gasteiger charge is -2.37. The Morgan fingerprint density at radius 2 is 1.66 bits per heavy atom. The van der Waals surface area contributed by atoms with E-state index in [9.17, 15) is 47.1 Å². The van der Waals surface area contributed by atoms with Crippen molar-refractivity contribution >= 4 is 69.1 Å². The number of likely N-dealkylation sites (tertiary alicyclic amines) is 1. The summed E-state index contributed by atoms with van der Waals surface area (Å²) in [6.07, 6.45) is 1.44. The first-order chi connectivity index (χ1) is 40.3. The first-order valence-corrected chi connectivity index (χ1v) is 30.1. The van der Waals surface area contributed by atoms with Crippen LogP contribution in [0.15, 0.2) is 47.3 Å². The number of rotatable bonds is 19. The Morgan fingerprint density at radius 1 is 0.988 bits per heavy atom. The van der Waals surface area contributed by atoms with Gasteiger partial charge in [-0.1, -0.05) is 61.5 Å². The van der Waals surface area contributed by atoms with Crippen molar-refractivity contribution in [3.63, 3.8) is 0 Å². The number of hydrogen-bond acceptors (Lipinski definition) is 19. The summed E-state index contributed by atoms with van der Waals surface area (Å²) in [5, 5.41) is 38.3. The number of aliphatic hydroxyl groups excluding tert-OH is 3. The van der Waals surface area contributed by atoms with Gasteiger partial charge in [0.25, 0.3) is 12.0 Å². The summed E-state index contributed by atoms with van der Waals surface area (Å²) in [4.78, 5) is 103. The van der Waals surface area contributed by atoms with Gasteiger partial charge in [0, 0.05) is 55.7 Å². The number of methoxy groups -OCH3 is 1. The fraction of sp³-hybridized carbons (Fsp3) is 0.542. The number of likely N-dealkylation sites (N-methyl/N-ethyl adjacent to an activating group) is 1. The quantitative estimate of drug-likeness (QED) is 0.0320. The summed E-state index contributed by atoms with van der Waals surface area (Å²) < 4.78 is 52.3. The lowest BCUT2D eigenvalue weighted by molar-refractivity contribution is -0.157. The zero-order chi connectivity index (χ0) is 63.5. The molecule has 0 spiro atoms. The highest BCUT2D eigenvalue weighted by molar-refractivity contribution is 7.90. The van der Waals surface area contributed by atoms with E-state index in [-0.39, 0.29) is 91.6 Å². The number of pyridine rings is 2. The Labute approximate surface area is 495 Å². The molecule has 26 heteroatoms. The molecule has 0 aliphatic carbocycles. The summed E-state index contributed by atoms with van der Waals surface area (Å²) in [7, 11) is -0.599. The molecule has 4 aliphatic heterocycles. The fourth-order valence-corrected chi connectivity index (χ4v) is 10.5. The number of nitrogens with zero attached hydrogens (tertiary/aromatic N) is 5. The third-order valence-corrected chi connectivity index (χ3v) is 15.9. The van der Waals surface area contributed by atoms with Gasteiger partial charge in [0.2, 0.25) is 24.1 Å². The molecule has 85 heavy (non-hydrogen) atoms. The molecule has 5 N–H and O–H groups in total. The van der Waals surface area contributed by atoms with E-state index < -0.39 is 46.1 Å². The molecule has 5 atom stereocenters. The van der Waals surface area contributed by atoms with Crippen LogP contribution in [0.1, 0.15) is 115 Å². The largest absolute Gasteiger partial charge is 0.495 e. The van der Waals surface area contributed by atoms with Crippen molar-refractivity contribution in [2.24, 2.45) is 17.3 Å². The van der Waals surface area contributed by atoms with Crippen molar-refractivity contribution in [3.05, 3.63) is 80.6 Å². The van der Waals surface area contributed by atoms with Crippen molar-refractivity contribution in [2.45, 2.75) is 126 Å². The van der Waals surface area contributed by atoms with Gasteiger partial charge in [-0.05, 0) is 78.1 Å². The predicted octanol–water partition coefficient (Wildman–Crippen LogP) is 4.83. The molecule has 5 unspecified atom stereocenters. The number of ether oxygens (including phenoxy) is 5. The summed E-state index contributed by atoms with van der Waals surface area (Å²) in [6, 6.07) is 11.5. The fourth-order valence-electron chi connectivity index (χ4n) is 9.95. The van der Waals surface area contributed by atoms with Crippen LogP contribution in [0.5, 0.6) is 11.5 Å². The summed E-state index contributed by atoms with van der Waals surface area (Å²) in [5.41, 5.74) is 4.14. The van der Waals surface area contributed by atoms with Crippen LogP contribution in [-0.2, 0) is 79.0 Å². The molecule has 468 valence electrons. The Bertz CT molecular complexity index is 3180. The zero-order valence-electron chi connectivity index (χ0n) is 50.2. The Hall–Kier alpha value is -7.52. The lowest BCUT2D eigenvalue weighted by atomic mass is 9.67. The molecule has 25 nitrogen and oxygen atoms in total. The Morgan fingerprint density at radius 3 is 2.22 bits per heavy atom. The van der Waals surface area contributed by atoms with E-state index in [2.05, 4.69) is 33.0 Å². The van der Waals surface area contributed by atoms with Gasteiger partial charge >= 0.3 is 12.1 Å². The van der Waals surface area contributed by atoms with E-state index in [1.54, 1.807) is 47.0 Å². The number of esters is 1. The third-order valence-electron chi connectivity index (χ3n) is 15.0. The minimum Gasteiger partial charge on any atom is -0.495 e. The van der Waals surface area contributed by atoms with Gasteiger partial charge in [-0.25, -0.2) is 23.0 Å². The monoisotopic (exact) mass is 1210 g/mol. The van der Waals surface area contributed by atoms with Crippen LogP contribution in [-0.4, -0.2) is 174 Å². The van der Waals surface area contributed by atoms with Crippen molar-refractivity contribution in [2.75, 3.05) is 71.1 Å². The number of fused-ring (bicyclic) bond motifs is 5. The molecule has 0 radical (unpaired) electrons. The summed E-state index contributed by atoms with van der Waals surface area (Å²) >= 11 is 0. The maximum Gasteiger partial charge on any atom is 0.412 e. The molecule has 0 saturated carbocycles. The number of benzene rings is 2. The van der Waals surface area contributed by atoms with Gasteiger partial charge in [0.05, 0.1) is 85.4 Å². The normalized spacial score (nSPS) is 18.1. The van der Waals surface area contributed by atoms with Crippen molar-refractivity contribution in [3.8, 4) is 22.9 Å². The van der Waals surface area contributed by atoms with E-state index in [1.807, 2.05) is 27.7 Å². The number of carbonyl (C=O) groups is 7. The Balaban J connectivity index is 0.000000421. The molecular weight excluding hydrogens is 1130 g/mol. The van der Waals surface area contributed by atoms with Crippen LogP contribution >= 0.6 is 0 Å². The van der Waals surface area contributed by atoms with Gasteiger partial charge in [-0.15, -0.1) is 0 Å². The van der Waals surface area contributed by atoms with Crippen LogP contribution in [0.4, 0.5) is 10.5 Å². The van der Waals surface area contributed by atoms with Crippen LogP contribution in [0.2, 0.25) is 0 Å². The number of aromatic nitrogens is 2. The number of aryl methyl sites for hydroxylation is 1. The summed E-state index contributed by atoms with van der Waals surface area (Å²) in [5.74, 6) is -0.583. The molecule has 2 saturated heterocycles. The molecule has 8 rings (SSSR count). The molecule has 5 amide bonds. The highest BCUT2D eigenvalue weighted by atomic mass is 32.2. The topological polar surface area (TPSA) is 337 Å². The minimum atomic E-state index is -3.47. The number of nitrogens with one attached hydrogen (secondary N) is 1. The second-order valence-electron chi connectivity index (χ2n) is 21.0. The number of aliphatic hydroxyl groups is 3. The number of sulfone groups is 1. The Kier molecular flexibility index (Phi) is 26.4. The van der Waals surface area contributed by atoms with Crippen molar-refractivity contribution < 1.29 is 86.1 Å². The van der Waals surface area contributed by atoms with Gasteiger partial charge < -0.3 is 58.9 Å². The zero-order valence-corrected chi connectivity index (χ0v) is 51.1. The van der Waals surface area contributed by atoms with Crippen LogP contribution in [0, 0.1) is 17.3 Å². The maximum absolute atomic E-state index is 13.4. The predicted molar refractivity (Wildman–Crippen MR) is 313 cm³/mol. The van der Waals surface area contributed by atoms with E-state index in [0.29, 0.717) is 91.0 Å². The number of anilines is 1. The van der Waals surface area contributed by atoms with Gasteiger partial charge in [-0.3, -0.25) is 38.6 Å². The molecule has 2 aromatic heterocycles. The number of amides is 5. The molecular formula is C59H82N6O19S. The smallest absolute Gasteiger partial charge is 0.412 e. The summed E-state index contributed by atoms with van der Waals surface area (Å²) in [6.45, 7) is 16.6. The number of imide groups is 1. The first-order valence-electron chi connectivity index (χ1n) is 28.1. The molecule has 6 heterocycles. The van der Waals surface area contributed by atoms with Gasteiger partial charge in [0.1, 0.15) is 34.6 Å². The third kappa shape index (κ3) is 18.0. The highest BCUT2D eigenvalue weighted by Gasteiger charge is 2.49. The molecule has 0 bridgehead atoms. The average molecular weight is 1210 g/mol. The van der Waals surface area contributed by atoms with Crippen molar-refractivity contribution in [1.82, 2.24) is 24.3 Å².